The Hall–Kier alpha value is -2.61. The van der Waals surface area contributed by atoms with Gasteiger partial charge in [0.2, 0.25) is 0 Å². The summed E-state index contributed by atoms with van der Waals surface area (Å²) in [5, 5.41) is 8.75. The third-order valence-electron chi connectivity index (χ3n) is 2.45. The second-order valence-electron chi connectivity index (χ2n) is 3.89. The predicted molar refractivity (Wildman–Crippen MR) is 65.3 cm³/mol. The SMILES string of the molecule is N#Cc1cc(F)cc(Cn2cc(N)ccc2=O)c1. The summed E-state index contributed by atoms with van der Waals surface area (Å²) in [5.74, 6) is -0.499. The van der Waals surface area contributed by atoms with Crippen LogP contribution in [0, 0.1) is 17.1 Å². The van der Waals surface area contributed by atoms with E-state index in [1.807, 2.05) is 6.07 Å². The number of halogens is 1. The lowest BCUT2D eigenvalue weighted by atomic mass is 10.1. The fourth-order valence-corrected chi connectivity index (χ4v) is 1.68. The lowest BCUT2D eigenvalue weighted by molar-refractivity contribution is 0.622. The number of nitrogen functional groups attached to an aromatic ring is 1. The molecule has 0 saturated heterocycles. The molecule has 0 aliphatic carbocycles. The molecule has 1 aromatic heterocycles. The first kappa shape index (κ1) is 11.9. The minimum absolute atomic E-state index is 0.177. The van der Waals surface area contributed by atoms with Gasteiger partial charge in [0.25, 0.3) is 5.56 Å². The number of hydrogen-bond acceptors (Lipinski definition) is 3. The number of pyridine rings is 1. The van der Waals surface area contributed by atoms with Crippen LogP contribution in [0.2, 0.25) is 0 Å². The summed E-state index contributed by atoms with van der Waals surface area (Å²) in [4.78, 5) is 11.6. The van der Waals surface area contributed by atoms with E-state index in [9.17, 15) is 9.18 Å². The van der Waals surface area contributed by atoms with Crippen molar-refractivity contribution in [3.63, 3.8) is 0 Å². The third-order valence-corrected chi connectivity index (χ3v) is 2.45. The Kier molecular flexibility index (Phi) is 3.11. The highest BCUT2D eigenvalue weighted by Gasteiger charge is 2.03. The van der Waals surface area contributed by atoms with E-state index in [1.165, 1.54) is 29.0 Å². The molecule has 0 amide bonds. The molecule has 0 unspecified atom stereocenters. The third kappa shape index (κ3) is 2.55. The highest BCUT2D eigenvalue weighted by molar-refractivity contribution is 5.36. The molecule has 2 N–H and O–H groups in total. The average molecular weight is 243 g/mol. The Labute approximate surface area is 103 Å². The van der Waals surface area contributed by atoms with Crippen molar-refractivity contribution in [1.82, 2.24) is 4.57 Å². The molecule has 0 bridgehead atoms. The number of hydrogen-bond donors (Lipinski definition) is 1. The lowest BCUT2D eigenvalue weighted by Crippen LogP contribution is -2.19. The minimum atomic E-state index is -0.499. The van der Waals surface area contributed by atoms with Gasteiger partial charge in [-0.15, -0.1) is 0 Å². The van der Waals surface area contributed by atoms with Gasteiger partial charge in [0.05, 0.1) is 18.2 Å². The van der Waals surface area contributed by atoms with Crippen molar-refractivity contribution in [3.05, 3.63) is 63.8 Å². The molecule has 2 rings (SSSR count). The summed E-state index contributed by atoms with van der Waals surface area (Å²) in [6.07, 6.45) is 1.49. The molecule has 0 aliphatic rings. The van der Waals surface area contributed by atoms with Crippen LogP contribution in [0.1, 0.15) is 11.1 Å². The van der Waals surface area contributed by atoms with Gasteiger partial charge in [0.1, 0.15) is 5.82 Å². The summed E-state index contributed by atoms with van der Waals surface area (Å²) >= 11 is 0. The van der Waals surface area contributed by atoms with E-state index in [4.69, 9.17) is 11.0 Å². The highest BCUT2D eigenvalue weighted by atomic mass is 19.1. The monoisotopic (exact) mass is 243 g/mol. The van der Waals surface area contributed by atoms with E-state index >= 15 is 0 Å². The molecule has 0 fully saturated rings. The molecule has 0 atom stereocenters. The summed E-state index contributed by atoms with van der Waals surface area (Å²) in [5.41, 5.74) is 6.57. The molecule has 5 heteroatoms. The molecule has 0 radical (unpaired) electrons. The molecule has 18 heavy (non-hydrogen) atoms. The molecular formula is C13H10FN3O. The Morgan fingerprint density at radius 3 is 2.83 bits per heavy atom. The van der Waals surface area contributed by atoms with E-state index in [2.05, 4.69) is 0 Å². The number of benzene rings is 1. The standard InChI is InChI=1S/C13H10FN3O/c14-11-4-9(6-15)3-10(5-11)7-17-8-12(16)1-2-13(17)18/h1-5,8H,7,16H2. The molecule has 0 aliphatic heterocycles. The zero-order valence-electron chi connectivity index (χ0n) is 9.43. The van der Waals surface area contributed by atoms with Crippen LogP contribution in [0.25, 0.3) is 0 Å². The number of nitrogens with zero attached hydrogens (tertiary/aromatic N) is 2. The maximum Gasteiger partial charge on any atom is 0.250 e. The van der Waals surface area contributed by atoms with Crippen molar-refractivity contribution >= 4 is 5.69 Å². The fourth-order valence-electron chi connectivity index (χ4n) is 1.68. The summed E-state index contributed by atoms with van der Waals surface area (Å²) in [6.45, 7) is 0.177. The fraction of sp³-hybridized carbons (Fsp3) is 0.0769. The van der Waals surface area contributed by atoms with Crippen molar-refractivity contribution < 1.29 is 4.39 Å². The predicted octanol–water partition coefficient (Wildman–Crippen LogP) is 1.49. The Balaban J connectivity index is 2.40. The second-order valence-corrected chi connectivity index (χ2v) is 3.89. The Bertz CT molecular complexity index is 685. The Morgan fingerprint density at radius 2 is 2.11 bits per heavy atom. The topological polar surface area (TPSA) is 71.8 Å². The van der Waals surface area contributed by atoms with Gasteiger partial charge in [-0.05, 0) is 29.8 Å². The van der Waals surface area contributed by atoms with Crippen LogP contribution in [0.15, 0.2) is 41.3 Å². The van der Waals surface area contributed by atoms with Crippen molar-refractivity contribution in [2.75, 3.05) is 5.73 Å². The van der Waals surface area contributed by atoms with Gasteiger partial charge in [0.15, 0.2) is 0 Å². The van der Waals surface area contributed by atoms with Gasteiger partial charge in [-0.3, -0.25) is 4.79 Å². The number of anilines is 1. The van der Waals surface area contributed by atoms with E-state index < -0.39 is 5.82 Å². The summed E-state index contributed by atoms with van der Waals surface area (Å²) < 4.78 is 14.6. The van der Waals surface area contributed by atoms with E-state index in [0.29, 0.717) is 11.3 Å². The normalized spacial score (nSPS) is 10.0. The summed E-state index contributed by atoms with van der Waals surface area (Å²) in [7, 11) is 0. The van der Waals surface area contributed by atoms with Crippen LogP contribution in [-0.2, 0) is 6.54 Å². The van der Waals surface area contributed by atoms with Crippen LogP contribution < -0.4 is 11.3 Å². The molecule has 2 aromatic rings. The number of nitriles is 1. The maximum atomic E-state index is 13.2. The maximum absolute atomic E-state index is 13.2. The first-order valence-electron chi connectivity index (χ1n) is 5.24. The van der Waals surface area contributed by atoms with Gasteiger partial charge in [-0.25, -0.2) is 4.39 Å². The molecule has 4 nitrogen and oxygen atoms in total. The van der Waals surface area contributed by atoms with Crippen LogP contribution in [0.3, 0.4) is 0 Å². The van der Waals surface area contributed by atoms with Crippen molar-refractivity contribution in [2.45, 2.75) is 6.54 Å². The molecule has 1 aromatic carbocycles. The van der Waals surface area contributed by atoms with E-state index in [1.54, 1.807) is 6.07 Å². The lowest BCUT2D eigenvalue weighted by Gasteiger charge is -2.07. The van der Waals surface area contributed by atoms with Crippen LogP contribution in [0.5, 0.6) is 0 Å². The zero-order valence-corrected chi connectivity index (χ0v) is 9.43. The highest BCUT2D eigenvalue weighted by Crippen LogP contribution is 2.10. The van der Waals surface area contributed by atoms with Gasteiger partial charge in [0, 0.05) is 18.0 Å². The zero-order chi connectivity index (χ0) is 13.1. The van der Waals surface area contributed by atoms with Crippen LogP contribution in [0.4, 0.5) is 10.1 Å². The molecule has 90 valence electrons. The molecule has 0 spiro atoms. The van der Waals surface area contributed by atoms with Gasteiger partial charge in [-0.1, -0.05) is 0 Å². The first-order chi connectivity index (χ1) is 8.58. The number of nitrogens with two attached hydrogens (primary N) is 1. The smallest absolute Gasteiger partial charge is 0.250 e. The van der Waals surface area contributed by atoms with Crippen molar-refractivity contribution in [2.24, 2.45) is 0 Å². The van der Waals surface area contributed by atoms with E-state index in [0.717, 1.165) is 6.07 Å². The first-order valence-corrected chi connectivity index (χ1v) is 5.24. The van der Waals surface area contributed by atoms with E-state index in [-0.39, 0.29) is 17.7 Å². The van der Waals surface area contributed by atoms with Gasteiger partial charge in [-0.2, -0.15) is 5.26 Å². The largest absolute Gasteiger partial charge is 0.398 e. The second kappa shape index (κ2) is 4.72. The molecule has 1 heterocycles. The summed E-state index contributed by atoms with van der Waals surface area (Å²) in [6, 6.07) is 8.69. The van der Waals surface area contributed by atoms with Crippen LogP contribution >= 0.6 is 0 Å². The van der Waals surface area contributed by atoms with Gasteiger partial charge < -0.3 is 10.3 Å². The molecule has 0 saturated carbocycles. The number of rotatable bonds is 2. The van der Waals surface area contributed by atoms with Crippen LogP contribution in [-0.4, -0.2) is 4.57 Å². The minimum Gasteiger partial charge on any atom is -0.398 e. The van der Waals surface area contributed by atoms with Crippen molar-refractivity contribution in [1.29, 1.82) is 5.26 Å². The number of aromatic nitrogens is 1. The van der Waals surface area contributed by atoms with Gasteiger partial charge >= 0.3 is 0 Å². The van der Waals surface area contributed by atoms with Crippen molar-refractivity contribution in [3.8, 4) is 6.07 Å². The average Bonchev–Trinajstić information content (AvgIpc) is 2.33. The molecular weight excluding hydrogens is 233 g/mol. The Morgan fingerprint density at radius 1 is 1.33 bits per heavy atom. The quantitative estimate of drug-likeness (QED) is 0.868.